The van der Waals surface area contributed by atoms with Gasteiger partial charge in [0.05, 0.1) is 21.8 Å². The molecule has 5 rings (SSSR count). The van der Waals surface area contributed by atoms with E-state index in [0.29, 0.717) is 5.56 Å². The first-order chi connectivity index (χ1) is 20.2. The Bertz CT molecular complexity index is 1630. The maximum atomic E-state index is 14.5. The van der Waals surface area contributed by atoms with Gasteiger partial charge in [-0.15, -0.1) is 0 Å². The summed E-state index contributed by atoms with van der Waals surface area (Å²) in [6.07, 6.45) is -9.50. The molecule has 224 valence electrons. The number of carbonyl (C=O) groups is 1. The summed E-state index contributed by atoms with van der Waals surface area (Å²) in [6, 6.07) is 17.6. The zero-order valence-electron chi connectivity index (χ0n) is 21.9. The Morgan fingerprint density at radius 3 is 2.30 bits per heavy atom. The van der Waals surface area contributed by atoms with Gasteiger partial charge >= 0.3 is 18.3 Å². The van der Waals surface area contributed by atoms with Crippen LogP contribution in [0.1, 0.15) is 34.4 Å². The number of ether oxygens (including phenoxy) is 1. The van der Waals surface area contributed by atoms with Crippen LogP contribution in [0.15, 0.2) is 91.1 Å². The third-order valence-electron chi connectivity index (χ3n) is 6.80. The van der Waals surface area contributed by atoms with Crippen LogP contribution in [-0.4, -0.2) is 17.1 Å². The highest BCUT2D eigenvalue weighted by Gasteiger charge is 2.52. The molecule has 0 bridgehead atoms. The van der Waals surface area contributed by atoms with Crippen LogP contribution >= 0.6 is 11.6 Å². The Morgan fingerprint density at radius 2 is 1.63 bits per heavy atom. The van der Waals surface area contributed by atoms with Crippen LogP contribution in [0.25, 0.3) is 0 Å². The number of anilines is 1. The predicted molar refractivity (Wildman–Crippen MR) is 144 cm³/mol. The summed E-state index contributed by atoms with van der Waals surface area (Å²) in [7, 11) is 0. The van der Waals surface area contributed by atoms with Gasteiger partial charge in [-0.05, 0) is 53.6 Å². The first-order valence-electron chi connectivity index (χ1n) is 12.7. The van der Waals surface area contributed by atoms with Crippen molar-refractivity contribution in [2.45, 2.75) is 36.6 Å². The first kappa shape index (κ1) is 30.1. The highest BCUT2D eigenvalue weighted by atomic mass is 35.5. The molecular weight excluding hydrogens is 603 g/mol. The zero-order valence-corrected chi connectivity index (χ0v) is 22.6. The van der Waals surface area contributed by atoms with E-state index in [1.165, 1.54) is 30.5 Å². The van der Waals surface area contributed by atoms with Crippen LogP contribution in [0, 0.1) is 0 Å². The number of hydrogen-bond donors (Lipinski definition) is 2. The lowest BCUT2D eigenvalue weighted by Crippen LogP contribution is -2.50. The average Bonchev–Trinajstić information content (AvgIpc) is 2.93. The molecular formula is C30H21ClF7N3O2. The van der Waals surface area contributed by atoms with E-state index in [-0.39, 0.29) is 28.4 Å². The van der Waals surface area contributed by atoms with Crippen molar-refractivity contribution in [3.8, 4) is 5.75 Å². The maximum absolute atomic E-state index is 14.5. The van der Waals surface area contributed by atoms with Crippen LogP contribution in [0.4, 0.5) is 41.2 Å². The van der Waals surface area contributed by atoms with Crippen LogP contribution < -0.4 is 15.4 Å². The number of pyridine rings is 1. The van der Waals surface area contributed by atoms with Crippen molar-refractivity contribution in [3.63, 3.8) is 0 Å². The fourth-order valence-electron chi connectivity index (χ4n) is 4.90. The normalized spacial score (nSPS) is 16.7. The minimum Gasteiger partial charge on any atom is -0.432 e. The molecule has 2 heterocycles. The lowest BCUT2D eigenvalue weighted by atomic mass is 9.80. The molecule has 3 aromatic carbocycles. The molecule has 0 radical (unpaired) electrons. The lowest BCUT2D eigenvalue weighted by Gasteiger charge is -2.36. The van der Waals surface area contributed by atoms with Crippen molar-refractivity contribution in [3.05, 3.63) is 124 Å². The number of amides is 2. The molecule has 0 spiro atoms. The number of fused-ring (bicyclic) bond motifs is 1. The second-order valence-corrected chi connectivity index (χ2v) is 10.4. The van der Waals surface area contributed by atoms with Gasteiger partial charge in [-0.1, -0.05) is 54.1 Å². The number of alkyl halides is 7. The smallest absolute Gasteiger partial charge is 0.416 e. The van der Waals surface area contributed by atoms with Gasteiger partial charge in [0.2, 0.25) is 0 Å². The average molecular weight is 624 g/mol. The number of urea groups is 1. The fraction of sp³-hybridized carbons (Fsp3) is 0.200. The number of benzene rings is 3. The van der Waals surface area contributed by atoms with Crippen molar-refractivity contribution in [2.24, 2.45) is 0 Å². The molecule has 1 aliphatic rings. The first-order valence-corrected chi connectivity index (χ1v) is 13.1. The molecule has 0 fully saturated rings. The lowest BCUT2D eigenvalue weighted by molar-refractivity contribution is -0.239. The van der Waals surface area contributed by atoms with Gasteiger partial charge in [-0.25, -0.2) is 13.6 Å². The summed E-state index contributed by atoms with van der Waals surface area (Å²) >= 11 is 6.04. The molecule has 2 amide bonds. The molecule has 0 saturated carbocycles. The number of aromatic nitrogens is 1. The van der Waals surface area contributed by atoms with Crippen LogP contribution in [0.5, 0.6) is 5.75 Å². The molecule has 1 unspecified atom stereocenters. The third-order valence-corrected chi connectivity index (χ3v) is 7.03. The molecule has 1 aromatic heterocycles. The highest BCUT2D eigenvalue weighted by Crippen LogP contribution is 2.49. The maximum Gasteiger partial charge on any atom is 0.416 e. The van der Waals surface area contributed by atoms with Crippen molar-refractivity contribution in [1.29, 1.82) is 0 Å². The van der Waals surface area contributed by atoms with Crippen molar-refractivity contribution >= 4 is 23.3 Å². The van der Waals surface area contributed by atoms with Crippen LogP contribution in [-0.2, 0) is 24.1 Å². The number of rotatable bonds is 6. The summed E-state index contributed by atoms with van der Waals surface area (Å²) in [5.41, 5.74) is -3.02. The number of carbonyl (C=O) groups excluding carboxylic acids is 1. The zero-order chi connectivity index (χ0) is 31.0. The molecule has 0 saturated heterocycles. The molecule has 2 N–H and O–H groups in total. The second-order valence-electron chi connectivity index (χ2n) is 9.92. The number of nitrogens with one attached hydrogen (secondary N) is 2. The monoisotopic (exact) mass is 623 g/mol. The van der Waals surface area contributed by atoms with Crippen molar-refractivity contribution < 1.29 is 40.3 Å². The second kappa shape index (κ2) is 11.1. The van der Waals surface area contributed by atoms with Crippen molar-refractivity contribution in [1.82, 2.24) is 10.3 Å². The molecule has 1 aliphatic heterocycles. The predicted octanol–water partition coefficient (Wildman–Crippen LogP) is 8.53. The van der Waals surface area contributed by atoms with E-state index in [9.17, 15) is 35.5 Å². The molecule has 43 heavy (non-hydrogen) atoms. The molecule has 13 heteroatoms. The van der Waals surface area contributed by atoms with Gasteiger partial charge in [0.1, 0.15) is 17.7 Å². The van der Waals surface area contributed by atoms with E-state index in [0.717, 1.165) is 30.3 Å². The molecule has 1 atom stereocenters. The van der Waals surface area contributed by atoms with E-state index in [1.807, 2.05) is 0 Å². The number of nitrogens with zero attached hydrogens (tertiary/aromatic N) is 1. The van der Waals surface area contributed by atoms with E-state index in [2.05, 4.69) is 20.4 Å². The number of halogens is 8. The quantitative estimate of drug-likeness (QED) is 0.212. The van der Waals surface area contributed by atoms with Gasteiger partial charge < -0.3 is 15.4 Å². The standard InChI is InChI=1S/C30H21ClF7N3O2/c31-21-9-12-25(39-16-21)27(15-18-5-2-1-3-6-18,19-7-4-8-20(13-19)30(36,37)38)41-26(42)40-22-10-11-24-23(14-22)28(32,33)17-29(34,35)43-24/h1-14,16H,15,17H2,(H2,40,41,42). The topological polar surface area (TPSA) is 63.2 Å². The summed E-state index contributed by atoms with van der Waals surface area (Å²) in [4.78, 5) is 17.8. The van der Waals surface area contributed by atoms with E-state index in [1.54, 1.807) is 30.3 Å². The minimum absolute atomic E-state index is 0.0174. The molecule has 4 aromatic rings. The van der Waals surface area contributed by atoms with Gasteiger partial charge in [0, 0.05) is 18.3 Å². The van der Waals surface area contributed by atoms with Gasteiger partial charge in [0.15, 0.2) is 0 Å². The van der Waals surface area contributed by atoms with Crippen molar-refractivity contribution in [2.75, 3.05) is 5.32 Å². The highest BCUT2D eigenvalue weighted by molar-refractivity contribution is 6.30. The third kappa shape index (κ3) is 6.53. The Balaban J connectivity index is 1.58. The Morgan fingerprint density at radius 1 is 0.907 bits per heavy atom. The van der Waals surface area contributed by atoms with Crippen LogP contribution in [0.3, 0.4) is 0 Å². The Kier molecular flexibility index (Phi) is 7.76. The van der Waals surface area contributed by atoms with E-state index >= 15 is 0 Å². The van der Waals surface area contributed by atoms with E-state index in [4.69, 9.17) is 11.6 Å². The van der Waals surface area contributed by atoms with E-state index < -0.39 is 53.1 Å². The summed E-state index contributed by atoms with van der Waals surface area (Å²) in [6.45, 7) is 0. The summed E-state index contributed by atoms with van der Waals surface area (Å²) in [5, 5.41) is 5.33. The Hall–Kier alpha value is -4.32. The summed E-state index contributed by atoms with van der Waals surface area (Å²) < 4.78 is 102. The fourth-order valence-corrected chi connectivity index (χ4v) is 5.01. The van der Waals surface area contributed by atoms with Gasteiger partial charge in [0.25, 0.3) is 5.92 Å². The molecule has 0 aliphatic carbocycles. The SMILES string of the molecule is O=C(Nc1ccc2c(c1)C(F)(F)CC(F)(F)O2)NC(Cc1ccccc1)(c1cccc(C(F)(F)F)c1)c1ccc(Cl)cn1. The van der Waals surface area contributed by atoms with Gasteiger partial charge in [-0.2, -0.15) is 22.0 Å². The van der Waals surface area contributed by atoms with Gasteiger partial charge in [-0.3, -0.25) is 4.98 Å². The summed E-state index contributed by atoms with van der Waals surface area (Å²) in [5.74, 6) is -4.71. The Labute approximate surface area is 245 Å². The number of hydrogen-bond acceptors (Lipinski definition) is 3. The van der Waals surface area contributed by atoms with Crippen LogP contribution in [0.2, 0.25) is 5.02 Å². The molecule has 5 nitrogen and oxygen atoms in total. The largest absolute Gasteiger partial charge is 0.432 e. The minimum atomic E-state index is -4.71.